The molecule has 0 aliphatic rings. The van der Waals surface area contributed by atoms with E-state index >= 15 is 0 Å². The summed E-state index contributed by atoms with van der Waals surface area (Å²) in [6.07, 6.45) is 0.315. The molecule has 1 heterocycles. The van der Waals surface area contributed by atoms with Crippen molar-refractivity contribution >= 4 is 38.5 Å². The fourth-order valence-electron chi connectivity index (χ4n) is 2.53. The lowest BCUT2D eigenvalue weighted by molar-refractivity contribution is -0.120. The Kier molecular flexibility index (Phi) is 5.09. The molecule has 6 heteroatoms. The van der Waals surface area contributed by atoms with Crippen LogP contribution in [0.25, 0.3) is 10.2 Å². The van der Waals surface area contributed by atoms with Gasteiger partial charge in [0.15, 0.2) is 5.13 Å². The smallest absolute Gasteiger partial charge is 0.224 e. The number of nitrogens with zero attached hydrogens (tertiary/aromatic N) is 1. The minimum Gasteiger partial charge on any atom is -0.352 e. The van der Waals surface area contributed by atoms with Gasteiger partial charge < -0.3 is 10.6 Å². The molecule has 2 N–H and O–H groups in total. The van der Waals surface area contributed by atoms with Crippen LogP contribution in [-0.4, -0.2) is 16.8 Å². The molecular weight excluding hydrogens is 334 g/mol. The van der Waals surface area contributed by atoms with Crippen molar-refractivity contribution in [1.82, 2.24) is 10.3 Å². The zero-order chi connectivity index (χ0) is 17.8. The number of hydrogen-bond acceptors (Lipinski definition) is 4. The van der Waals surface area contributed by atoms with Gasteiger partial charge in [-0.05, 0) is 35.7 Å². The molecule has 3 aromatic rings. The quantitative estimate of drug-likeness (QED) is 0.738. The number of nitrogens with one attached hydrogen (secondary N) is 2. The zero-order valence-corrected chi connectivity index (χ0v) is 14.9. The molecule has 1 aromatic heterocycles. The molecule has 0 radical (unpaired) electrons. The molecule has 0 unspecified atom stereocenters. The Bertz CT molecular complexity index is 933. The lowest BCUT2D eigenvalue weighted by atomic mass is 10.1. The van der Waals surface area contributed by atoms with Crippen LogP contribution in [0, 0.1) is 6.92 Å². The highest BCUT2D eigenvalue weighted by molar-refractivity contribution is 7.22. The molecule has 3 rings (SSSR count). The number of aromatic nitrogens is 1. The molecule has 0 bridgehead atoms. The van der Waals surface area contributed by atoms with E-state index in [1.54, 1.807) is 0 Å². The van der Waals surface area contributed by atoms with E-state index < -0.39 is 0 Å². The Labute approximate surface area is 150 Å². The second-order valence-electron chi connectivity index (χ2n) is 5.88. The first-order valence-corrected chi connectivity index (χ1v) is 8.81. The molecule has 0 aliphatic carbocycles. The molecule has 2 aromatic carbocycles. The van der Waals surface area contributed by atoms with E-state index in [0.717, 1.165) is 21.3 Å². The van der Waals surface area contributed by atoms with Crippen LogP contribution >= 0.6 is 11.3 Å². The van der Waals surface area contributed by atoms with E-state index in [1.165, 1.54) is 23.8 Å². The number of fused-ring (bicyclic) bond motifs is 1. The van der Waals surface area contributed by atoms with Crippen molar-refractivity contribution < 1.29 is 9.59 Å². The molecule has 0 saturated carbocycles. The average Bonchev–Trinajstić information content (AvgIpc) is 2.94. The highest BCUT2D eigenvalue weighted by Gasteiger charge is 2.09. The van der Waals surface area contributed by atoms with Crippen LogP contribution in [0.3, 0.4) is 0 Å². The Morgan fingerprint density at radius 2 is 1.96 bits per heavy atom. The van der Waals surface area contributed by atoms with Gasteiger partial charge in [0.05, 0.1) is 16.6 Å². The first-order chi connectivity index (χ1) is 12.0. The topological polar surface area (TPSA) is 71.1 Å². The summed E-state index contributed by atoms with van der Waals surface area (Å²) in [7, 11) is 0. The molecule has 25 heavy (non-hydrogen) atoms. The number of carbonyl (C=O) groups is 2. The van der Waals surface area contributed by atoms with Gasteiger partial charge in [0.1, 0.15) is 0 Å². The van der Waals surface area contributed by atoms with Gasteiger partial charge in [-0.25, -0.2) is 4.98 Å². The van der Waals surface area contributed by atoms with Crippen molar-refractivity contribution in [1.29, 1.82) is 0 Å². The SMILES string of the molecule is CC(=O)Nc1nc2ccc(CC(=O)NCc3ccccc3C)cc2s1. The number of hydrogen-bond donors (Lipinski definition) is 2. The van der Waals surface area contributed by atoms with Gasteiger partial charge in [-0.3, -0.25) is 9.59 Å². The molecule has 0 aliphatic heterocycles. The maximum Gasteiger partial charge on any atom is 0.224 e. The number of rotatable bonds is 5. The lowest BCUT2D eigenvalue weighted by Gasteiger charge is -2.08. The van der Waals surface area contributed by atoms with Crippen molar-refractivity contribution in [2.24, 2.45) is 0 Å². The number of benzene rings is 2. The maximum absolute atomic E-state index is 12.2. The van der Waals surface area contributed by atoms with Crippen LogP contribution in [-0.2, 0) is 22.6 Å². The van der Waals surface area contributed by atoms with Crippen LogP contribution in [0.2, 0.25) is 0 Å². The molecule has 0 atom stereocenters. The lowest BCUT2D eigenvalue weighted by Crippen LogP contribution is -2.24. The van der Waals surface area contributed by atoms with Crippen LogP contribution in [0.15, 0.2) is 42.5 Å². The molecule has 0 saturated heterocycles. The van der Waals surface area contributed by atoms with Crippen LogP contribution < -0.4 is 10.6 Å². The summed E-state index contributed by atoms with van der Waals surface area (Å²) < 4.78 is 0.952. The Morgan fingerprint density at radius 3 is 2.72 bits per heavy atom. The number of anilines is 1. The number of amides is 2. The maximum atomic E-state index is 12.2. The van der Waals surface area contributed by atoms with Gasteiger partial charge in [0.2, 0.25) is 11.8 Å². The summed E-state index contributed by atoms with van der Waals surface area (Å²) in [6, 6.07) is 13.7. The highest BCUT2D eigenvalue weighted by Crippen LogP contribution is 2.27. The van der Waals surface area contributed by atoms with E-state index in [-0.39, 0.29) is 11.8 Å². The number of carbonyl (C=O) groups excluding carboxylic acids is 2. The first kappa shape index (κ1) is 17.1. The van der Waals surface area contributed by atoms with Gasteiger partial charge >= 0.3 is 0 Å². The van der Waals surface area contributed by atoms with Crippen molar-refractivity contribution in [3.63, 3.8) is 0 Å². The predicted octanol–water partition coefficient (Wildman–Crippen LogP) is 3.42. The third-order valence-corrected chi connectivity index (χ3v) is 4.77. The fourth-order valence-corrected chi connectivity index (χ4v) is 3.51. The Balaban J connectivity index is 1.64. The summed E-state index contributed by atoms with van der Waals surface area (Å²) in [6.45, 7) is 4.02. The summed E-state index contributed by atoms with van der Waals surface area (Å²) >= 11 is 1.40. The zero-order valence-electron chi connectivity index (χ0n) is 14.1. The van der Waals surface area contributed by atoms with Gasteiger partial charge in [-0.15, -0.1) is 0 Å². The van der Waals surface area contributed by atoms with Crippen molar-refractivity contribution in [3.05, 3.63) is 59.2 Å². The number of aryl methyl sites for hydroxylation is 1. The minimum absolute atomic E-state index is 0.0193. The molecular formula is C19H19N3O2S. The summed E-state index contributed by atoms with van der Waals surface area (Å²) in [5, 5.41) is 6.22. The molecule has 2 amide bonds. The Morgan fingerprint density at radius 1 is 1.16 bits per heavy atom. The second kappa shape index (κ2) is 7.44. The van der Waals surface area contributed by atoms with Crippen molar-refractivity contribution in [3.8, 4) is 0 Å². The van der Waals surface area contributed by atoms with E-state index in [2.05, 4.69) is 15.6 Å². The predicted molar refractivity (Wildman–Crippen MR) is 101 cm³/mol. The largest absolute Gasteiger partial charge is 0.352 e. The first-order valence-electron chi connectivity index (χ1n) is 7.99. The third-order valence-electron chi connectivity index (χ3n) is 3.84. The Hall–Kier alpha value is -2.73. The second-order valence-corrected chi connectivity index (χ2v) is 6.91. The molecule has 128 valence electrons. The standard InChI is InChI=1S/C19H19N3O2S/c1-12-5-3-4-6-15(12)11-20-18(24)10-14-7-8-16-17(9-14)25-19(22-16)21-13(2)23/h3-9H,10-11H2,1-2H3,(H,20,24)(H,21,22,23). The van der Waals surface area contributed by atoms with Gasteiger partial charge in [-0.2, -0.15) is 0 Å². The third kappa shape index (κ3) is 4.42. The fraction of sp³-hybridized carbons (Fsp3) is 0.211. The van der Waals surface area contributed by atoms with Gasteiger partial charge in [-0.1, -0.05) is 41.7 Å². The van der Waals surface area contributed by atoms with Crippen LogP contribution in [0.4, 0.5) is 5.13 Å². The highest BCUT2D eigenvalue weighted by atomic mass is 32.1. The van der Waals surface area contributed by atoms with Gasteiger partial charge in [0, 0.05) is 13.5 Å². The van der Waals surface area contributed by atoms with Crippen molar-refractivity contribution in [2.75, 3.05) is 5.32 Å². The average molecular weight is 353 g/mol. The van der Waals surface area contributed by atoms with E-state index in [9.17, 15) is 9.59 Å². The number of thiazole rings is 1. The normalized spacial score (nSPS) is 10.6. The van der Waals surface area contributed by atoms with E-state index in [4.69, 9.17) is 0 Å². The van der Waals surface area contributed by atoms with Crippen molar-refractivity contribution in [2.45, 2.75) is 26.8 Å². The van der Waals surface area contributed by atoms with E-state index in [0.29, 0.717) is 18.1 Å². The van der Waals surface area contributed by atoms with Crippen LogP contribution in [0.5, 0.6) is 0 Å². The molecule has 0 fully saturated rings. The monoisotopic (exact) mass is 353 g/mol. The molecule has 5 nitrogen and oxygen atoms in total. The van der Waals surface area contributed by atoms with Crippen LogP contribution in [0.1, 0.15) is 23.6 Å². The summed E-state index contributed by atoms with van der Waals surface area (Å²) in [4.78, 5) is 27.7. The van der Waals surface area contributed by atoms with E-state index in [1.807, 2.05) is 49.4 Å². The van der Waals surface area contributed by atoms with Gasteiger partial charge in [0.25, 0.3) is 0 Å². The summed E-state index contributed by atoms with van der Waals surface area (Å²) in [5.74, 6) is -0.163. The molecule has 0 spiro atoms. The summed E-state index contributed by atoms with van der Waals surface area (Å²) in [5.41, 5.74) is 4.03. The minimum atomic E-state index is -0.144.